The molecule has 1 aromatic rings. The van der Waals surface area contributed by atoms with E-state index in [9.17, 15) is 5.11 Å². The molecular weight excluding hydrogens is 156 g/mol. The van der Waals surface area contributed by atoms with E-state index in [0.29, 0.717) is 12.8 Å². The zero-order valence-electron chi connectivity index (χ0n) is 7.10. The topological polar surface area (TPSA) is 53.6 Å². The average Bonchev–Trinajstić information content (AvgIpc) is 2.37. The largest absolute Gasteiger partial charge is 0.469 e. The molecule has 12 heavy (non-hydrogen) atoms. The summed E-state index contributed by atoms with van der Waals surface area (Å²) in [5.41, 5.74) is 0. The zero-order valence-corrected chi connectivity index (χ0v) is 7.10. The van der Waals surface area contributed by atoms with Gasteiger partial charge < -0.3 is 14.6 Å². The van der Waals surface area contributed by atoms with Gasteiger partial charge in [-0.25, -0.2) is 0 Å². The maximum atomic E-state index is 9.37. The van der Waals surface area contributed by atoms with Crippen LogP contribution in [0.1, 0.15) is 19.1 Å². The van der Waals surface area contributed by atoms with Crippen LogP contribution in [0.15, 0.2) is 22.8 Å². The van der Waals surface area contributed by atoms with E-state index in [1.54, 1.807) is 19.3 Å². The molecule has 68 valence electrons. The van der Waals surface area contributed by atoms with Gasteiger partial charge in [0.1, 0.15) is 5.76 Å². The lowest BCUT2D eigenvalue weighted by molar-refractivity contribution is 0.0876. The minimum Gasteiger partial charge on any atom is -0.469 e. The quantitative estimate of drug-likeness (QED) is 0.707. The predicted molar refractivity (Wildman–Crippen MR) is 44.7 cm³/mol. The first-order valence-corrected chi connectivity index (χ1v) is 4.07. The molecule has 0 aromatic carbocycles. The molecule has 0 amide bonds. The Bertz CT molecular complexity index is 204. The summed E-state index contributed by atoms with van der Waals surface area (Å²) in [6.45, 7) is 1.66. The number of furan rings is 1. The number of rotatable bonds is 4. The summed E-state index contributed by atoms with van der Waals surface area (Å²) in [5.74, 6) is 0.753. The molecule has 1 rings (SSSR count). The Kier molecular flexibility index (Phi) is 3.31. The summed E-state index contributed by atoms with van der Waals surface area (Å²) in [7, 11) is 0. The van der Waals surface area contributed by atoms with Gasteiger partial charge in [-0.15, -0.1) is 0 Å². The molecule has 2 N–H and O–H groups in total. The third-order valence-electron chi connectivity index (χ3n) is 1.63. The first kappa shape index (κ1) is 9.29. The molecule has 0 aliphatic rings. The van der Waals surface area contributed by atoms with Gasteiger partial charge in [-0.3, -0.25) is 0 Å². The van der Waals surface area contributed by atoms with Crippen molar-refractivity contribution in [3.8, 4) is 0 Å². The molecular formula is C9H14O3. The van der Waals surface area contributed by atoms with Gasteiger partial charge in [0.15, 0.2) is 0 Å². The number of aliphatic hydroxyl groups excluding tert-OH is 2. The van der Waals surface area contributed by atoms with Crippen molar-refractivity contribution in [3.63, 3.8) is 0 Å². The summed E-state index contributed by atoms with van der Waals surface area (Å²) in [5, 5.41) is 18.3. The normalized spacial score (nSPS) is 15.9. The van der Waals surface area contributed by atoms with Gasteiger partial charge in [0, 0.05) is 6.42 Å². The molecule has 1 heterocycles. The Balaban J connectivity index is 2.32. The second kappa shape index (κ2) is 4.28. The second-order valence-corrected chi connectivity index (χ2v) is 3.02. The highest BCUT2D eigenvalue weighted by Crippen LogP contribution is 2.07. The highest BCUT2D eigenvalue weighted by atomic mass is 16.3. The molecule has 0 fully saturated rings. The molecule has 0 aliphatic heterocycles. The average molecular weight is 170 g/mol. The van der Waals surface area contributed by atoms with Gasteiger partial charge in [0.25, 0.3) is 0 Å². The van der Waals surface area contributed by atoms with Crippen LogP contribution in [0.25, 0.3) is 0 Å². The summed E-state index contributed by atoms with van der Waals surface area (Å²) in [4.78, 5) is 0. The van der Waals surface area contributed by atoms with Crippen molar-refractivity contribution in [1.29, 1.82) is 0 Å². The summed E-state index contributed by atoms with van der Waals surface area (Å²) in [6, 6.07) is 3.59. The molecule has 2 atom stereocenters. The Hall–Kier alpha value is -0.800. The summed E-state index contributed by atoms with van der Waals surface area (Å²) < 4.78 is 5.04. The lowest BCUT2D eigenvalue weighted by Gasteiger charge is -2.10. The molecule has 0 aliphatic carbocycles. The van der Waals surface area contributed by atoms with Crippen LogP contribution in [-0.2, 0) is 6.42 Å². The van der Waals surface area contributed by atoms with E-state index >= 15 is 0 Å². The Labute approximate surface area is 71.6 Å². The zero-order chi connectivity index (χ0) is 8.97. The van der Waals surface area contributed by atoms with E-state index < -0.39 is 12.2 Å². The van der Waals surface area contributed by atoms with Gasteiger partial charge in [-0.2, -0.15) is 0 Å². The van der Waals surface area contributed by atoms with E-state index in [1.165, 1.54) is 0 Å². The second-order valence-electron chi connectivity index (χ2n) is 3.02. The third kappa shape index (κ3) is 3.07. The third-order valence-corrected chi connectivity index (χ3v) is 1.63. The van der Waals surface area contributed by atoms with Crippen molar-refractivity contribution < 1.29 is 14.6 Å². The van der Waals surface area contributed by atoms with Gasteiger partial charge >= 0.3 is 0 Å². The fourth-order valence-electron chi connectivity index (χ4n) is 1.14. The van der Waals surface area contributed by atoms with Crippen molar-refractivity contribution in [2.24, 2.45) is 0 Å². The lowest BCUT2D eigenvalue weighted by atomic mass is 10.1. The van der Waals surface area contributed by atoms with Crippen molar-refractivity contribution >= 4 is 0 Å². The monoisotopic (exact) mass is 170 g/mol. The van der Waals surface area contributed by atoms with Gasteiger partial charge in [0.05, 0.1) is 18.5 Å². The number of hydrogen-bond donors (Lipinski definition) is 2. The van der Waals surface area contributed by atoms with E-state index in [4.69, 9.17) is 9.52 Å². The number of aliphatic hydroxyl groups is 2. The van der Waals surface area contributed by atoms with Crippen LogP contribution in [-0.4, -0.2) is 22.4 Å². The molecule has 3 heteroatoms. The molecule has 0 radical (unpaired) electrons. The van der Waals surface area contributed by atoms with Crippen molar-refractivity contribution in [2.75, 3.05) is 0 Å². The van der Waals surface area contributed by atoms with E-state index in [1.807, 2.05) is 6.07 Å². The minimum absolute atomic E-state index is 0.390. The predicted octanol–water partition coefficient (Wildman–Crippen LogP) is 0.954. The fraction of sp³-hybridized carbons (Fsp3) is 0.556. The first-order chi connectivity index (χ1) is 5.68. The van der Waals surface area contributed by atoms with Crippen molar-refractivity contribution in [1.82, 2.24) is 0 Å². The van der Waals surface area contributed by atoms with Crippen LogP contribution in [0.3, 0.4) is 0 Å². The summed E-state index contributed by atoms with van der Waals surface area (Å²) >= 11 is 0. The molecule has 1 aromatic heterocycles. The van der Waals surface area contributed by atoms with E-state index in [2.05, 4.69) is 0 Å². The minimum atomic E-state index is -0.517. The number of hydrogen-bond acceptors (Lipinski definition) is 3. The summed E-state index contributed by atoms with van der Waals surface area (Å²) in [6.07, 6.45) is 1.45. The smallest absolute Gasteiger partial charge is 0.106 e. The van der Waals surface area contributed by atoms with Crippen LogP contribution in [0.2, 0.25) is 0 Å². The molecule has 0 bridgehead atoms. The Morgan fingerprint density at radius 3 is 2.75 bits per heavy atom. The molecule has 2 unspecified atom stereocenters. The maximum absolute atomic E-state index is 9.37. The molecule has 0 saturated heterocycles. The van der Waals surface area contributed by atoms with Crippen LogP contribution in [0, 0.1) is 0 Å². The maximum Gasteiger partial charge on any atom is 0.106 e. The van der Waals surface area contributed by atoms with Crippen molar-refractivity contribution in [2.45, 2.75) is 32.0 Å². The van der Waals surface area contributed by atoms with Crippen LogP contribution < -0.4 is 0 Å². The highest BCUT2D eigenvalue weighted by molar-refractivity contribution is 4.99. The highest BCUT2D eigenvalue weighted by Gasteiger charge is 2.09. The van der Waals surface area contributed by atoms with Crippen LogP contribution in [0.5, 0.6) is 0 Å². The Morgan fingerprint density at radius 2 is 2.25 bits per heavy atom. The lowest BCUT2D eigenvalue weighted by Crippen LogP contribution is -2.16. The van der Waals surface area contributed by atoms with Crippen molar-refractivity contribution in [3.05, 3.63) is 24.2 Å². The molecule has 3 nitrogen and oxygen atoms in total. The first-order valence-electron chi connectivity index (χ1n) is 4.07. The standard InChI is InChI=1S/C9H14O3/c1-7(10)5-8(11)6-9-3-2-4-12-9/h2-4,7-8,10-11H,5-6H2,1H3. The fourth-order valence-corrected chi connectivity index (χ4v) is 1.14. The Morgan fingerprint density at radius 1 is 1.50 bits per heavy atom. The van der Waals surface area contributed by atoms with E-state index in [-0.39, 0.29) is 0 Å². The molecule has 0 saturated carbocycles. The van der Waals surface area contributed by atoms with Crippen LogP contribution >= 0.6 is 0 Å². The van der Waals surface area contributed by atoms with Gasteiger partial charge in [-0.1, -0.05) is 0 Å². The molecule has 0 spiro atoms. The van der Waals surface area contributed by atoms with Gasteiger partial charge in [0.2, 0.25) is 0 Å². The van der Waals surface area contributed by atoms with Crippen LogP contribution in [0.4, 0.5) is 0 Å². The van der Waals surface area contributed by atoms with E-state index in [0.717, 1.165) is 5.76 Å². The van der Waals surface area contributed by atoms with Gasteiger partial charge in [-0.05, 0) is 25.5 Å². The SMILES string of the molecule is CC(O)CC(O)Cc1ccco1.